The number of rotatable bonds is 4. The summed E-state index contributed by atoms with van der Waals surface area (Å²) in [7, 11) is 0. The van der Waals surface area contributed by atoms with E-state index in [4.69, 9.17) is 10.5 Å². The van der Waals surface area contributed by atoms with Crippen LogP contribution in [0.2, 0.25) is 0 Å². The minimum atomic E-state index is -0.119. The smallest absolute Gasteiger partial charge is 0.306 e. The maximum absolute atomic E-state index is 11.3. The number of benzene rings is 1. The van der Waals surface area contributed by atoms with Crippen LogP contribution >= 0.6 is 0 Å². The summed E-state index contributed by atoms with van der Waals surface area (Å²) in [4.78, 5) is 11.3. The van der Waals surface area contributed by atoms with Gasteiger partial charge in [-0.3, -0.25) is 4.79 Å². The van der Waals surface area contributed by atoms with Gasteiger partial charge in [0.2, 0.25) is 0 Å². The number of carbonyl (C=O) groups is 1. The summed E-state index contributed by atoms with van der Waals surface area (Å²) in [5, 5.41) is 0. The molecule has 0 unspecified atom stereocenters. The van der Waals surface area contributed by atoms with Crippen LogP contribution in [0.15, 0.2) is 18.2 Å². The summed E-state index contributed by atoms with van der Waals surface area (Å²) in [5.74, 6) is -0.119. The highest BCUT2D eigenvalue weighted by atomic mass is 16.5. The van der Waals surface area contributed by atoms with E-state index in [1.165, 1.54) is 16.7 Å². The molecule has 0 aromatic heterocycles. The molecule has 0 radical (unpaired) electrons. The second kappa shape index (κ2) is 6.01. The van der Waals surface area contributed by atoms with Crippen LogP contribution in [0, 0.1) is 0 Å². The van der Waals surface area contributed by atoms with Crippen molar-refractivity contribution in [2.24, 2.45) is 5.73 Å². The summed E-state index contributed by atoms with van der Waals surface area (Å²) in [6, 6.07) is 6.79. The zero-order chi connectivity index (χ0) is 13.0. The molecule has 2 N–H and O–H groups in total. The minimum Gasteiger partial charge on any atom is -0.466 e. The average molecular weight is 247 g/mol. The van der Waals surface area contributed by atoms with E-state index in [0.29, 0.717) is 13.0 Å². The third-order valence-corrected chi connectivity index (χ3v) is 3.46. The Hall–Kier alpha value is -1.35. The lowest BCUT2D eigenvalue weighted by molar-refractivity contribution is -0.143. The van der Waals surface area contributed by atoms with Crippen LogP contribution in [0.1, 0.15) is 36.5 Å². The van der Waals surface area contributed by atoms with Crippen molar-refractivity contribution in [1.82, 2.24) is 0 Å². The van der Waals surface area contributed by atoms with Crippen LogP contribution < -0.4 is 5.73 Å². The van der Waals surface area contributed by atoms with Crippen molar-refractivity contribution in [2.75, 3.05) is 6.61 Å². The van der Waals surface area contributed by atoms with Crippen molar-refractivity contribution in [1.29, 1.82) is 0 Å². The van der Waals surface area contributed by atoms with Crippen LogP contribution in [-0.2, 0) is 28.8 Å². The summed E-state index contributed by atoms with van der Waals surface area (Å²) < 4.78 is 4.93. The van der Waals surface area contributed by atoms with E-state index in [0.717, 1.165) is 25.7 Å². The van der Waals surface area contributed by atoms with Crippen molar-refractivity contribution < 1.29 is 9.53 Å². The van der Waals surface area contributed by atoms with Gasteiger partial charge in [-0.25, -0.2) is 0 Å². The third kappa shape index (κ3) is 3.33. The zero-order valence-electron chi connectivity index (χ0n) is 10.9. The Morgan fingerprint density at radius 3 is 3.06 bits per heavy atom. The van der Waals surface area contributed by atoms with E-state index in [1.807, 2.05) is 6.92 Å². The fourth-order valence-corrected chi connectivity index (χ4v) is 2.47. The monoisotopic (exact) mass is 247 g/mol. The van der Waals surface area contributed by atoms with Crippen molar-refractivity contribution in [2.45, 2.75) is 45.1 Å². The Kier molecular flexibility index (Phi) is 4.37. The average Bonchev–Trinajstić information content (AvgIpc) is 2.36. The zero-order valence-corrected chi connectivity index (χ0v) is 10.9. The number of carbonyl (C=O) groups excluding carboxylic acids is 1. The number of esters is 1. The van der Waals surface area contributed by atoms with E-state index in [9.17, 15) is 4.79 Å². The van der Waals surface area contributed by atoms with Gasteiger partial charge in [0.1, 0.15) is 0 Å². The highest BCUT2D eigenvalue weighted by Crippen LogP contribution is 2.22. The van der Waals surface area contributed by atoms with Crippen LogP contribution in [0.4, 0.5) is 0 Å². The predicted molar refractivity (Wildman–Crippen MR) is 71.4 cm³/mol. The largest absolute Gasteiger partial charge is 0.466 e. The third-order valence-electron chi connectivity index (χ3n) is 3.46. The highest BCUT2D eigenvalue weighted by molar-refractivity contribution is 5.69. The lowest BCUT2D eigenvalue weighted by Gasteiger charge is -2.22. The quantitative estimate of drug-likeness (QED) is 0.828. The molecule has 0 spiro atoms. The lowest BCUT2D eigenvalue weighted by Crippen LogP contribution is -2.27. The standard InChI is InChI=1S/C15H21NO2/c1-2-18-15(17)8-4-11-3-5-12-6-7-14(16)10-13(12)9-11/h3,5,9,14H,2,4,6-8,10,16H2,1H3/t14-/m0/s1. The SMILES string of the molecule is CCOC(=O)CCc1ccc2c(c1)C[C@@H](N)CC2. The molecule has 0 saturated heterocycles. The molecule has 98 valence electrons. The first-order valence-electron chi connectivity index (χ1n) is 6.71. The Balaban J connectivity index is 1.98. The number of fused-ring (bicyclic) bond motifs is 1. The molecule has 0 amide bonds. The molecule has 1 aromatic carbocycles. The Bertz CT molecular complexity index is 429. The van der Waals surface area contributed by atoms with Crippen molar-refractivity contribution in [3.05, 3.63) is 34.9 Å². The topological polar surface area (TPSA) is 52.3 Å². The maximum Gasteiger partial charge on any atom is 0.306 e. The van der Waals surface area contributed by atoms with Gasteiger partial charge in [-0.05, 0) is 49.3 Å². The molecule has 18 heavy (non-hydrogen) atoms. The number of nitrogens with two attached hydrogens (primary N) is 1. The summed E-state index contributed by atoms with van der Waals surface area (Å²) in [6.45, 7) is 2.29. The van der Waals surface area contributed by atoms with Crippen LogP contribution in [-0.4, -0.2) is 18.6 Å². The molecule has 1 atom stereocenters. The highest BCUT2D eigenvalue weighted by Gasteiger charge is 2.15. The van der Waals surface area contributed by atoms with Gasteiger partial charge in [0.15, 0.2) is 0 Å². The molecular weight excluding hydrogens is 226 g/mol. The first-order chi connectivity index (χ1) is 8.69. The fourth-order valence-electron chi connectivity index (χ4n) is 2.47. The van der Waals surface area contributed by atoms with E-state index >= 15 is 0 Å². The van der Waals surface area contributed by atoms with Gasteiger partial charge in [0.05, 0.1) is 6.61 Å². The molecule has 0 aliphatic heterocycles. The Morgan fingerprint density at radius 1 is 1.44 bits per heavy atom. The number of aryl methyl sites for hydroxylation is 2. The van der Waals surface area contributed by atoms with Gasteiger partial charge in [0.25, 0.3) is 0 Å². The second-order valence-electron chi connectivity index (χ2n) is 4.91. The van der Waals surface area contributed by atoms with E-state index < -0.39 is 0 Å². The minimum absolute atomic E-state index is 0.119. The first-order valence-corrected chi connectivity index (χ1v) is 6.71. The molecule has 1 aromatic rings. The van der Waals surface area contributed by atoms with Gasteiger partial charge in [-0.2, -0.15) is 0 Å². The molecule has 0 bridgehead atoms. The summed E-state index contributed by atoms with van der Waals surface area (Å²) in [6.07, 6.45) is 4.33. The van der Waals surface area contributed by atoms with Crippen molar-refractivity contribution in [3.63, 3.8) is 0 Å². The van der Waals surface area contributed by atoms with E-state index in [-0.39, 0.29) is 12.0 Å². The number of ether oxygens (including phenoxy) is 1. The Labute approximate surface area is 108 Å². The molecule has 3 heteroatoms. The Morgan fingerprint density at radius 2 is 2.28 bits per heavy atom. The molecule has 0 saturated carbocycles. The predicted octanol–water partition coefficient (Wildman–Crippen LogP) is 2.00. The normalized spacial score (nSPS) is 18.2. The van der Waals surface area contributed by atoms with Crippen molar-refractivity contribution >= 4 is 5.97 Å². The molecular formula is C15H21NO2. The van der Waals surface area contributed by atoms with Gasteiger partial charge >= 0.3 is 5.97 Å². The van der Waals surface area contributed by atoms with Gasteiger partial charge in [-0.15, -0.1) is 0 Å². The fraction of sp³-hybridized carbons (Fsp3) is 0.533. The summed E-state index contributed by atoms with van der Waals surface area (Å²) >= 11 is 0. The van der Waals surface area contributed by atoms with E-state index in [1.54, 1.807) is 0 Å². The molecule has 3 nitrogen and oxygen atoms in total. The van der Waals surface area contributed by atoms with Gasteiger partial charge in [-0.1, -0.05) is 18.2 Å². The lowest BCUT2D eigenvalue weighted by atomic mass is 9.87. The number of hydrogen-bond acceptors (Lipinski definition) is 3. The summed E-state index contributed by atoms with van der Waals surface area (Å²) in [5.41, 5.74) is 9.96. The molecule has 1 aliphatic carbocycles. The van der Waals surface area contributed by atoms with Crippen molar-refractivity contribution in [3.8, 4) is 0 Å². The molecule has 0 fully saturated rings. The molecule has 2 rings (SSSR count). The molecule has 1 aliphatic rings. The van der Waals surface area contributed by atoms with Gasteiger partial charge < -0.3 is 10.5 Å². The van der Waals surface area contributed by atoms with E-state index in [2.05, 4.69) is 18.2 Å². The second-order valence-corrected chi connectivity index (χ2v) is 4.91. The number of hydrogen-bond donors (Lipinski definition) is 1. The van der Waals surface area contributed by atoms with Gasteiger partial charge in [0, 0.05) is 12.5 Å². The molecule has 0 heterocycles. The first kappa shape index (κ1) is 13.1. The van der Waals surface area contributed by atoms with Crippen LogP contribution in [0.5, 0.6) is 0 Å². The van der Waals surface area contributed by atoms with Crippen LogP contribution in [0.3, 0.4) is 0 Å². The van der Waals surface area contributed by atoms with Crippen LogP contribution in [0.25, 0.3) is 0 Å². The maximum atomic E-state index is 11.3.